The number of carbonyl (C=O) groups is 1. The van der Waals surface area contributed by atoms with E-state index in [1.54, 1.807) is 6.20 Å². The molecule has 1 saturated heterocycles. The van der Waals surface area contributed by atoms with Gasteiger partial charge in [0.25, 0.3) is 5.91 Å². The molecule has 3 rings (SSSR count). The Balaban J connectivity index is 1.89. The second-order valence-electron chi connectivity index (χ2n) is 5.88. The van der Waals surface area contributed by atoms with Gasteiger partial charge in [-0.1, -0.05) is 22.9 Å². The Kier molecular flexibility index (Phi) is 4.82. The van der Waals surface area contributed by atoms with Gasteiger partial charge in [0.2, 0.25) is 0 Å². The van der Waals surface area contributed by atoms with Crippen LogP contribution in [0, 0.1) is 0 Å². The number of halogens is 1. The Labute approximate surface area is 144 Å². The lowest BCUT2D eigenvalue weighted by Gasteiger charge is -2.30. The molecule has 0 atom stereocenters. The first-order valence-electron chi connectivity index (χ1n) is 7.98. The molecule has 23 heavy (non-hydrogen) atoms. The number of nitrogens with zero attached hydrogens (tertiary/aromatic N) is 3. The lowest BCUT2D eigenvalue weighted by atomic mass is 10.0. The largest absolute Gasteiger partial charge is 0.338 e. The van der Waals surface area contributed by atoms with Crippen LogP contribution in [0.3, 0.4) is 0 Å². The van der Waals surface area contributed by atoms with Crippen molar-refractivity contribution >= 4 is 21.8 Å². The molecule has 1 aliphatic heterocycles. The number of aromatic nitrogens is 2. The smallest absolute Gasteiger partial charge is 0.257 e. The number of benzene rings is 1. The molecule has 0 bridgehead atoms. The summed E-state index contributed by atoms with van der Waals surface area (Å²) in [6, 6.07) is 8.15. The maximum Gasteiger partial charge on any atom is 0.257 e. The van der Waals surface area contributed by atoms with Crippen molar-refractivity contribution in [3.63, 3.8) is 0 Å². The van der Waals surface area contributed by atoms with Crippen molar-refractivity contribution in [2.45, 2.75) is 32.2 Å². The molecule has 0 radical (unpaired) electrons. The normalized spacial score (nSPS) is 15.9. The fourth-order valence-corrected chi connectivity index (χ4v) is 3.23. The Bertz CT molecular complexity index is 687. The van der Waals surface area contributed by atoms with Crippen LogP contribution in [0.1, 0.15) is 35.8 Å². The van der Waals surface area contributed by atoms with E-state index in [1.165, 1.54) is 0 Å². The molecule has 6 heteroatoms. The molecule has 0 aliphatic carbocycles. The van der Waals surface area contributed by atoms with Crippen LogP contribution >= 0.6 is 15.9 Å². The quantitative estimate of drug-likeness (QED) is 0.895. The van der Waals surface area contributed by atoms with E-state index in [0.717, 1.165) is 48.2 Å². The number of likely N-dealkylation sites (tertiary alicyclic amines) is 1. The van der Waals surface area contributed by atoms with E-state index < -0.39 is 0 Å². The summed E-state index contributed by atoms with van der Waals surface area (Å²) >= 11 is 3.44. The predicted molar refractivity (Wildman–Crippen MR) is 93.8 cm³/mol. The molecule has 1 aromatic heterocycles. The highest BCUT2D eigenvalue weighted by atomic mass is 79.9. The second-order valence-corrected chi connectivity index (χ2v) is 6.79. The molecule has 1 aromatic carbocycles. The minimum absolute atomic E-state index is 0.0668. The number of rotatable bonds is 3. The average Bonchev–Trinajstić information content (AvgIpc) is 2.99. The van der Waals surface area contributed by atoms with Crippen molar-refractivity contribution in [3.8, 4) is 5.69 Å². The Morgan fingerprint density at radius 3 is 2.57 bits per heavy atom. The summed E-state index contributed by atoms with van der Waals surface area (Å²) in [6.45, 7) is 3.51. The van der Waals surface area contributed by atoms with E-state index in [0.29, 0.717) is 5.56 Å². The molecule has 0 spiro atoms. The van der Waals surface area contributed by atoms with Crippen molar-refractivity contribution in [3.05, 3.63) is 46.2 Å². The van der Waals surface area contributed by atoms with E-state index >= 15 is 0 Å². The van der Waals surface area contributed by atoms with Crippen LogP contribution in [0.2, 0.25) is 0 Å². The predicted octanol–water partition coefficient (Wildman–Crippen LogP) is 2.76. The summed E-state index contributed by atoms with van der Waals surface area (Å²) in [5.74, 6) is 0.0668. The number of nitrogens with two attached hydrogens (primary N) is 1. The first-order valence-corrected chi connectivity index (χ1v) is 8.77. The number of hydrogen-bond donors (Lipinski definition) is 1. The zero-order valence-electron chi connectivity index (χ0n) is 13.2. The van der Waals surface area contributed by atoms with Gasteiger partial charge in [-0.3, -0.25) is 4.79 Å². The topological polar surface area (TPSA) is 64.2 Å². The van der Waals surface area contributed by atoms with Gasteiger partial charge in [-0.2, -0.15) is 5.10 Å². The van der Waals surface area contributed by atoms with E-state index in [1.807, 2.05) is 33.8 Å². The van der Waals surface area contributed by atoms with Gasteiger partial charge in [-0.15, -0.1) is 0 Å². The highest BCUT2D eigenvalue weighted by molar-refractivity contribution is 9.10. The monoisotopic (exact) mass is 376 g/mol. The summed E-state index contributed by atoms with van der Waals surface area (Å²) in [5, 5.41) is 4.45. The maximum atomic E-state index is 12.8. The van der Waals surface area contributed by atoms with E-state index in [9.17, 15) is 4.79 Å². The van der Waals surface area contributed by atoms with Crippen molar-refractivity contribution in [2.75, 3.05) is 13.1 Å². The SMILES string of the molecule is CCc1c(C(=O)N2CCC(N)CC2)cnn1-c1ccc(Br)cc1. The number of piperidine rings is 1. The molecule has 2 N–H and O–H groups in total. The molecule has 5 nitrogen and oxygen atoms in total. The van der Waals surface area contributed by atoms with Gasteiger partial charge in [0.1, 0.15) is 0 Å². The van der Waals surface area contributed by atoms with Crippen LogP contribution in [0.5, 0.6) is 0 Å². The van der Waals surface area contributed by atoms with Crippen LogP contribution in [0.15, 0.2) is 34.9 Å². The molecule has 2 aromatic rings. The number of hydrogen-bond acceptors (Lipinski definition) is 3. The van der Waals surface area contributed by atoms with Crippen LogP contribution in [-0.4, -0.2) is 39.7 Å². The molecule has 1 aliphatic rings. The maximum absolute atomic E-state index is 12.8. The highest BCUT2D eigenvalue weighted by Crippen LogP contribution is 2.21. The van der Waals surface area contributed by atoms with Gasteiger partial charge in [0.05, 0.1) is 23.1 Å². The summed E-state index contributed by atoms with van der Waals surface area (Å²) in [4.78, 5) is 14.7. The summed E-state index contributed by atoms with van der Waals surface area (Å²) < 4.78 is 2.88. The molecule has 0 saturated carbocycles. The van der Waals surface area contributed by atoms with Crippen molar-refractivity contribution in [2.24, 2.45) is 5.73 Å². The van der Waals surface area contributed by atoms with Gasteiger partial charge >= 0.3 is 0 Å². The third-order valence-electron chi connectivity index (χ3n) is 4.33. The molecule has 2 heterocycles. The van der Waals surface area contributed by atoms with Crippen LogP contribution in [-0.2, 0) is 6.42 Å². The van der Waals surface area contributed by atoms with Crippen molar-refractivity contribution in [1.29, 1.82) is 0 Å². The van der Waals surface area contributed by atoms with Gasteiger partial charge in [-0.05, 0) is 43.5 Å². The lowest BCUT2D eigenvalue weighted by molar-refractivity contribution is 0.0713. The zero-order chi connectivity index (χ0) is 16.4. The minimum atomic E-state index is 0.0668. The average molecular weight is 377 g/mol. The van der Waals surface area contributed by atoms with Gasteiger partial charge in [0, 0.05) is 23.6 Å². The Hall–Kier alpha value is -1.66. The minimum Gasteiger partial charge on any atom is -0.338 e. The van der Waals surface area contributed by atoms with Gasteiger partial charge in [0.15, 0.2) is 0 Å². The molecule has 1 amide bonds. The molecular formula is C17H21BrN4O. The van der Waals surface area contributed by atoms with Crippen LogP contribution in [0.25, 0.3) is 5.69 Å². The molecule has 122 valence electrons. The first kappa shape index (κ1) is 16.2. The fraction of sp³-hybridized carbons (Fsp3) is 0.412. The van der Waals surface area contributed by atoms with Gasteiger partial charge in [-0.25, -0.2) is 4.68 Å². The summed E-state index contributed by atoms with van der Waals surface area (Å²) in [7, 11) is 0. The zero-order valence-corrected chi connectivity index (χ0v) is 14.8. The first-order chi connectivity index (χ1) is 11.1. The van der Waals surface area contributed by atoms with Crippen LogP contribution < -0.4 is 5.73 Å². The lowest BCUT2D eigenvalue weighted by Crippen LogP contribution is -2.43. The third kappa shape index (κ3) is 3.33. The summed E-state index contributed by atoms with van der Waals surface area (Å²) in [5.41, 5.74) is 8.54. The van der Waals surface area contributed by atoms with E-state index in [-0.39, 0.29) is 11.9 Å². The van der Waals surface area contributed by atoms with Crippen molar-refractivity contribution < 1.29 is 4.79 Å². The van der Waals surface area contributed by atoms with Crippen molar-refractivity contribution in [1.82, 2.24) is 14.7 Å². The van der Waals surface area contributed by atoms with Gasteiger partial charge < -0.3 is 10.6 Å². The Morgan fingerprint density at radius 2 is 1.96 bits per heavy atom. The van der Waals surface area contributed by atoms with E-state index in [2.05, 4.69) is 28.0 Å². The second kappa shape index (κ2) is 6.84. The number of carbonyl (C=O) groups excluding carboxylic acids is 1. The summed E-state index contributed by atoms with van der Waals surface area (Å²) in [6.07, 6.45) is 4.18. The molecule has 1 fully saturated rings. The van der Waals surface area contributed by atoms with Crippen LogP contribution in [0.4, 0.5) is 0 Å². The fourth-order valence-electron chi connectivity index (χ4n) is 2.97. The standard InChI is InChI=1S/C17H21BrN4O/c1-2-16-15(17(23)21-9-7-13(19)8-10-21)11-20-22(16)14-5-3-12(18)4-6-14/h3-6,11,13H,2,7-10,19H2,1H3. The highest BCUT2D eigenvalue weighted by Gasteiger charge is 2.25. The Morgan fingerprint density at radius 1 is 1.30 bits per heavy atom. The molecular weight excluding hydrogens is 356 g/mol. The number of amides is 1. The third-order valence-corrected chi connectivity index (χ3v) is 4.86. The van der Waals surface area contributed by atoms with E-state index in [4.69, 9.17) is 5.73 Å². The molecule has 0 unspecified atom stereocenters.